The van der Waals surface area contributed by atoms with Crippen molar-refractivity contribution in [1.29, 1.82) is 0 Å². The van der Waals surface area contributed by atoms with Gasteiger partial charge in [0.15, 0.2) is 0 Å². The zero-order valence-electron chi connectivity index (χ0n) is 12.5. The summed E-state index contributed by atoms with van der Waals surface area (Å²) in [4.78, 5) is 0. The Morgan fingerprint density at radius 3 is 2.36 bits per heavy atom. The summed E-state index contributed by atoms with van der Waals surface area (Å²) in [5.41, 5.74) is 3.20. The van der Waals surface area contributed by atoms with Gasteiger partial charge in [-0.15, -0.1) is 0 Å². The van der Waals surface area contributed by atoms with E-state index in [1.165, 1.54) is 0 Å². The van der Waals surface area contributed by atoms with Crippen LogP contribution in [0.15, 0.2) is 64.2 Å². The van der Waals surface area contributed by atoms with Crippen LogP contribution in [-0.2, 0) is 0 Å². The molecule has 3 nitrogen and oxygen atoms in total. The Morgan fingerprint density at radius 1 is 1.09 bits per heavy atom. The van der Waals surface area contributed by atoms with Gasteiger partial charge in [-0.25, -0.2) is 0 Å². The van der Waals surface area contributed by atoms with Crippen LogP contribution < -0.4 is 5.01 Å². The topological polar surface area (TPSA) is 35.8 Å². The Hall–Kier alpha value is -1.65. The summed E-state index contributed by atoms with van der Waals surface area (Å²) in [5, 5.41) is 16.7. The number of hydrogen-bond donors (Lipinski definition) is 1. The van der Waals surface area contributed by atoms with Crippen molar-refractivity contribution in [1.82, 2.24) is 0 Å². The number of aliphatic hydroxyl groups is 1. The molecule has 1 aliphatic rings. The normalized spacial score (nSPS) is 21.0. The average Bonchev–Trinajstić information content (AvgIpc) is 2.95. The number of halogens is 1. The summed E-state index contributed by atoms with van der Waals surface area (Å²) in [6.07, 6.45) is 0.950. The molecule has 1 aliphatic heterocycles. The monoisotopic (exact) mass is 358 g/mol. The van der Waals surface area contributed by atoms with Crippen LogP contribution in [0.4, 0.5) is 5.69 Å². The molecule has 1 heterocycles. The van der Waals surface area contributed by atoms with Gasteiger partial charge >= 0.3 is 0 Å². The summed E-state index contributed by atoms with van der Waals surface area (Å²) < 4.78 is 1.04. The molecular formula is C18H19BrN2O. The fraction of sp³-hybridized carbons (Fsp3) is 0.278. The Morgan fingerprint density at radius 2 is 1.77 bits per heavy atom. The molecule has 0 spiro atoms. The van der Waals surface area contributed by atoms with E-state index in [1.54, 1.807) is 0 Å². The van der Waals surface area contributed by atoms with Crippen molar-refractivity contribution in [2.45, 2.75) is 19.4 Å². The van der Waals surface area contributed by atoms with E-state index in [1.807, 2.05) is 47.5 Å². The van der Waals surface area contributed by atoms with Gasteiger partial charge in [0.25, 0.3) is 0 Å². The van der Waals surface area contributed by atoms with E-state index in [0.717, 1.165) is 27.9 Å². The maximum atomic E-state index is 9.89. The van der Waals surface area contributed by atoms with Crippen molar-refractivity contribution < 1.29 is 5.11 Å². The molecule has 0 saturated carbocycles. The van der Waals surface area contributed by atoms with Gasteiger partial charge in [0.1, 0.15) is 0 Å². The first-order chi connectivity index (χ1) is 10.7. The van der Waals surface area contributed by atoms with E-state index in [0.29, 0.717) is 0 Å². The second-order valence-corrected chi connectivity index (χ2v) is 6.35. The third-order valence-corrected chi connectivity index (χ3v) is 4.66. The van der Waals surface area contributed by atoms with Crippen LogP contribution in [0.25, 0.3) is 0 Å². The van der Waals surface area contributed by atoms with Gasteiger partial charge in [-0.05, 0) is 36.2 Å². The Kier molecular flexibility index (Phi) is 4.60. The largest absolute Gasteiger partial charge is 0.394 e. The second-order valence-electron chi connectivity index (χ2n) is 5.44. The van der Waals surface area contributed by atoms with E-state index in [9.17, 15) is 5.11 Å². The molecule has 0 unspecified atom stereocenters. The van der Waals surface area contributed by atoms with Gasteiger partial charge < -0.3 is 5.11 Å². The molecule has 0 amide bonds. The second kappa shape index (κ2) is 6.63. The zero-order valence-corrected chi connectivity index (χ0v) is 14.1. The average molecular weight is 359 g/mol. The lowest BCUT2D eigenvalue weighted by molar-refractivity contribution is 0.244. The van der Waals surface area contributed by atoms with Gasteiger partial charge in [-0.2, -0.15) is 5.10 Å². The molecule has 22 heavy (non-hydrogen) atoms. The Bertz CT molecular complexity index is 655. The summed E-state index contributed by atoms with van der Waals surface area (Å²) in [5.74, 6) is 0.232. The molecule has 0 aliphatic carbocycles. The summed E-state index contributed by atoms with van der Waals surface area (Å²) in [6, 6.07) is 18.3. The summed E-state index contributed by atoms with van der Waals surface area (Å²) >= 11 is 3.46. The minimum atomic E-state index is -0.0126. The molecule has 2 atom stereocenters. The van der Waals surface area contributed by atoms with E-state index >= 15 is 0 Å². The number of rotatable bonds is 4. The van der Waals surface area contributed by atoms with Gasteiger partial charge in [-0.3, -0.25) is 5.01 Å². The highest BCUT2D eigenvalue weighted by Crippen LogP contribution is 2.33. The van der Waals surface area contributed by atoms with Gasteiger partial charge in [0.05, 0.1) is 24.0 Å². The Labute approximate surface area is 139 Å². The fourth-order valence-electron chi connectivity index (χ4n) is 3.01. The predicted octanol–water partition coefficient (Wildman–Crippen LogP) is 4.06. The maximum absolute atomic E-state index is 9.89. The molecule has 0 saturated heterocycles. The van der Waals surface area contributed by atoms with Crippen molar-refractivity contribution in [3.63, 3.8) is 0 Å². The van der Waals surface area contributed by atoms with Crippen molar-refractivity contribution in [3.8, 4) is 0 Å². The number of hydrazone groups is 1. The SMILES string of the molecule is CC[C@@H]1C(c2ccccc2)=NN(c2ccc(Br)cc2)[C@H]1CO. The van der Waals surface area contributed by atoms with Gasteiger partial charge in [0, 0.05) is 10.4 Å². The highest BCUT2D eigenvalue weighted by Gasteiger charge is 2.36. The van der Waals surface area contributed by atoms with Crippen LogP contribution in [0.2, 0.25) is 0 Å². The lowest BCUT2D eigenvalue weighted by Gasteiger charge is -2.25. The lowest BCUT2D eigenvalue weighted by atomic mass is 9.89. The van der Waals surface area contributed by atoms with Crippen LogP contribution >= 0.6 is 15.9 Å². The van der Waals surface area contributed by atoms with E-state index < -0.39 is 0 Å². The predicted molar refractivity (Wildman–Crippen MR) is 94.3 cm³/mol. The minimum Gasteiger partial charge on any atom is -0.394 e. The number of aliphatic hydroxyl groups excluding tert-OH is 1. The van der Waals surface area contributed by atoms with Crippen LogP contribution in [0.3, 0.4) is 0 Å². The molecule has 0 fully saturated rings. The van der Waals surface area contributed by atoms with Gasteiger partial charge in [0.2, 0.25) is 0 Å². The molecule has 4 heteroatoms. The molecular weight excluding hydrogens is 340 g/mol. The standard InChI is InChI=1S/C18H19BrN2O/c1-2-16-17(12-22)21(15-10-8-14(19)9-11-15)20-18(16)13-6-4-3-5-7-13/h3-11,16-17,22H,2,12H2,1H3/t16-,17-/m0/s1. The molecule has 3 rings (SSSR count). The molecule has 2 aromatic carbocycles. The van der Waals surface area contributed by atoms with Crippen LogP contribution in [-0.4, -0.2) is 23.5 Å². The van der Waals surface area contributed by atoms with Crippen molar-refractivity contribution in [2.24, 2.45) is 11.0 Å². The van der Waals surface area contributed by atoms with Crippen molar-refractivity contribution in [3.05, 3.63) is 64.6 Å². The third-order valence-electron chi connectivity index (χ3n) is 4.13. The lowest BCUT2D eigenvalue weighted by Crippen LogP contribution is -2.36. The number of nitrogens with zero attached hydrogens (tertiary/aromatic N) is 2. The molecule has 0 radical (unpaired) electrons. The first kappa shape index (κ1) is 15.3. The first-order valence-electron chi connectivity index (χ1n) is 7.54. The highest BCUT2D eigenvalue weighted by molar-refractivity contribution is 9.10. The summed E-state index contributed by atoms with van der Waals surface area (Å²) in [7, 11) is 0. The smallest absolute Gasteiger partial charge is 0.0841 e. The Balaban J connectivity index is 2.01. The molecule has 0 aromatic heterocycles. The summed E-state index contributed by atoms with van der Waals surface area (Å²) in [6.45, 7) is 2.24. The van der Waals surface area contributed by atoms with Crippen LogP contribution in [0.1, 0.15) is 18.9 Å². The zero-order chi connectivity index (χ0) is 15.5. The molecule has 0 bridgehead atoms. The van der Waals surface area contributed by atoms with Gasteiger partial charge in [-0.1, -0.05) is 53.2 Å². The van der Waals surface area contributed by atoms with Crippen molar-refractivity contribution in [2.75, 3.05) is 11.6 Å². The quantitative estimate of drug-likeness (QED) is 0.894. The number of hydrogen-bond acceptors (Lipinski definition) is 3. The minimum absolute atomic E-state index is 0.0126. The van der Waals surface area contributed by atoms with Crippen molar-refractivity contribution >= 4 is 27.3 Å². The fourth-order valence-corrected chi connectivity index (χ4v) is 3.28. The maximum Gasteiger partial charge on any atom is 0.0841 e. The molecule has 2 aromatic rings. The van der Waals surface area contributed by atoms with Crippen LogP contribution in [0, 0.1) is 5.92 Å². The third kappa shape index (κ3) is 2.81. The number of benzene rings is 2. The molecule has 114 valence electrons. The van der Waals surface area contributed by atoms with E-state index in [2.05, 4.69) is 35.0 Å². The van der Waals surface area contributed by atoms with E-state index in [-0.39, 0.29) is 18.6 Å². The highest BCUT2D eigenvalue weighted by atomic mass is 79.9. The first-order valence-corrected chi connectivity index (χ1v) is 8.33. The van der Waals surface area contributed by atoms with E-state index in [4.69, 9.17) is 5.10 Å². The molecule has 1 N–H and O–H groups in total. The number of anilines is 1. The van der Waals surface area contributed by atoms with Crippen LogP contribution in [0.5, 0.6) is 0 Å².